The number of ether oxygens (including phenoxy) is 2. The summed E-state index contributed by atoms with van der Waals surface area (Å²) in [6, 6.07) is 5.65. The van der Waals surface area contributed by atoms with Gasteiger partial charge in [0.15, 0.2) is 11.5 Å². The van der Waals surface area contributed by atoms with Crippen LogP contribution >= 0.6 is 15.9 Å². The van der Waals surface area contributed by atoms with Crippen LogP contribution in [0.15, 0.2) is 22.7 Å². The summed E-state index contributed by atoms with van der Waals surface area (Å²) in [5.74, 6) is 2.03. The number of nitrogens with zero attached hydrogens (tertiary/aromatic N) is 2. The lowest BCUT2D eigenvalue weighted by Gasteiger charge is -2.04. The quantitative estimate of drug-likeness (QED) is 0.876. The van der Waals surface area contributed by atoms with Crippen molar-refractivity contribution < 1.29 is 9.47 Å². The molecule has 0 radical (unpaired) electrons. The third kappa shape index (κ3) is 1.56. The zero-order valence-corrected chi connectivity index (χ0v) is 10.7. The second kappa shape index (κ2) is 3.66. The molecule has 0 unspecified atom stereocenters. The van der Waals surface area contributed by atoms with Crippen molar-refractivity contribution in [2.24, 2.45) is 7.05 Å². The van der Waals surface area contributed by atoms with E-state index in [2.05, 4.69) is 21.0 Å². The minimum absolute atomic E-state index is 0.229. The number of aryl methyl sites for hydroxylation is 1. The van der Waals surface area contributed by atoms with Crippen LogP contribution in [0.2, 0.25) is 0 Å². The summed E-state index contributed by atoms with van der Waals surface area (Å²) >= 11 is 3.42. The molecule has 0 spiro atoms. The molecule has 2 N–H and O–H groups in total. The van der Waals surface area contributed by atoms with E-state index in [1.807, 2.05) is 18.2 Å². The van der Waals surface area contributed by atoms with E-state index in [4.69, 9.17) is 15.2 Å². The van der Waals surface area contributed by atoms with Crippen molar-refractivity contribution in [1.82, 2.24) is 9.78 Å². The van der Waals surface area contributed by atoms with Crippen molar-refractivity contribution in [2.75, 3.05) is 12.5 Å². The summed E-state index contributed by atoms with van der Waals surface area (Å²) in [5, 5.41) is 4.33. The highest BCUT2D eigenvalue weighted by molar-refractivity contribution is 9.10. The summed E-state index contributed by atoms with van der Waals surface area (Å²) in [4.78, 5) is 0. The van der Waals surface area contributed by atoms with Crippen molar-refractivity contribution in [2.45, 2.75) is 0 Å². The Morgan fingerprint density at radius 3 is 2.82 bits per heavy atom. The van der Waals surface area contributed by atoms with Gasteiger partial charge in [0.05, 0.1) is 10.2 Å². The van der Waals surface area contributed by atoms with Gasteiger partial charge in [0.2, 0.25) is 6.79 Å². The Hall–Kier alpha value is -1.69. The highest BCUT2D eigenvalue weighted by Gasteiger charge is 2.23. The number of anilines is 1. The molecule has 1 aliphatic rings. The average molecular weight is 296 g/mol. The number of nitrogen functional groups attached to an aromatic ring is 1. The second-order valence-corrected chi connectivity index (χ2v) is 4.59. The molecule has 0 fully saturated rings. The molecule has 0 bridgehead atoms. The van der Waals surface area contributed by atoms with Gasteiger partial charge in [0.25, 0.3) is 0 Å². The maximum absolute atomic E-state index is 5.77. The second-order valence-electron chi connectivity index (χ2n) is 3.74. The standard InChI is InChI=1S/C11H10BrN3O2/c1-15-9(13)4-8(14-15)6-2-3-7(12)11-10(6)16-5-17-11/h2-4H,5,13H2,1H3. The number of hydrogen-bond acceptors (Lipinski definition) is 4. The van der Waals surface area contributed by atoms with Crippen LogP contribution in [-0.4, -0.2) is 16.6 Å². The van der Waals surface area contributed by atoms with Crippen molar-refractivity contribution in [3.63, 3.8) is 0 Å². The lowest BCUT2D eigenvalue weighted by atomic mass is 10.1. The van der Waals surface area contributed by atoms with Crippen LogP contribution in [-0.2, 0) is 7.05 Å². The van der Waals surface area contributed by atoms with Crippen LogP contribution in [0.1, 0.15) is 0 Å². The number of fused-ring (bicyclic) bond motifs is 1. The zero-order chi connectivity index (χ0) is 12.0. The van der Waals surface area contributed by atoms with Gasteiger partial charge in [0, 0.05) is 18.7 Å². The molecule has 1 aromatic heterocycles. The van der Waals surface area contributed by atoms with E-state index in [0.29, 0.717) is 17.3 Å². The van der Waals surface area contributed by atoms with Crippen LogP contribution in [0.4, 0.5) is 5.82 Å². The summed E-state index contributed by atoms with van der Waals surface area (Å²) in [6.07, 6.45) is 0. The first-order valence-electron chi connectivity index (χ1n) is 5.05. The molecule has 6 heteroatoms. The minimum Gasteiger partial charge on any atom is -0.453 e. The molecule has 17 heavy (non-hydrogen) atoms. The van der Waals surface area contributed by atoms with E-state index in [1.165, 1.54) is 0 Å². The van der Waals surface area contributed by atoms with Gasteiger partial charge in [0.1, 0.15) is 5.82 Å². The number of benzene rings is 1. The molecule has 5 nitrogen and oxygen atoms in total. The Bertz CT molecular complexity index is 575. The summed E-state index contributed by atoms with van der Waals surface area (Å²) < 4.78 is 13.4. The molecule has 0 aliphatic carbocycles. The van der Waals surface area contributed by atoms with Gasteiger partial charge in [-0.3, -0.25) is 4.68 Å². The maximum atomic E-state index is 5.77. The van der Waals surface area contributed by atoms with Crippen LogP contribution in [0.3, 0.4) is 0 Å². The normalized spacial score (nSPS) is 13.1. The van der Waals surface area contributed by atoms with E-state index in [0.717, 1.165) is 15.7 Å². The van der Waals surface area contributed by atoms with Crippen molar-refractivity contribution in [3.8, 4) is 22.8 Å². The van der Waals surface area contributed by atoms with Crippen molar-refractivity contribution in [3.05, 3.63) is 22.7 Å². The first-order chi connectivity index (χ1) is 8.16. The number of rotatable bonds is 1. The lowest BCUT2D eigenvalue weighted by molar-refractivity contribution is 0.173. The number of hydrogen-bond donors (Lipinski definition) is 1. The van der Waals surface area contributed by atoms with Crippen molar-refractivity contribution >= 4 is 21.7 Å². The van der Waals surface area contributed by atoms with Gasteiger partial charge in [-0.05, 0) is 28.1 Å². The average Bonchev–Trinajstić information content (AvgIpc) is 2.88. The Morgan fingerprint density at radius 1 is 1.35 bits per heavy atom. The van der Waals surface area contributed by atoms with E-state index in [1.54, 1.807) is 11.7 Å². The third-order valence-electron chi connectivity index (χ3n) is 2.66. The first-order valence-corrected chi connectivity index (χ1v) is 5.84. The third-order valence-corrected chi connectivity index (χ3v) is 3.29. The first kappa shape index (κ1) is 10.5. The molecule has 3 rings (SSSR count). The summed E-state index contributed by atoms with van der Waals surface area (Å²) in [5.41, 5.74) is 7.43. The van der Waals surface area contributed by atoms with E-state index >= 15 is 0 Å². The maximum Gasteiger partial charge on any atom is 0.231 e. The Labute approximate surface area is 106 Å². The molecule has 2 heterocycles. The van der Waals surface area contributed by atoms with E-state index in [-0.39, 0.29) is 6.79 Å². The van der Waals surface area contributed by atoms with Crippen LogP contribution in [0, 0.1) is 0 Å². The van der Waals surface area contributed by atoms with Gasteiger partial charge in [-0.1, -0.05) is 0 Å². The molecule has 1 aromatic carbocycles. The molecule has 2 aromatic rings. The van der Waals surface area contributed by atoms with Crippen LogP contribution in [0.25, 0.3) is 11.3 Å². The van der Waals surface area contributed by atoms with Crippen LogP contribution in [0.5, 0.6) is 11.5 Å². The predicted molar refractivity (Wildman–Crippen MR) is 66.9 cm³/mol. The Morgan fingerprint density at radius 2 is 2.12 bits per heavy atom. The van der Waals surface area contributed by atoms with Gasteiger partial charge < -0.3 is 15.2 Å². The fraction of sp³-hybridized carbons (Fsp3) is 0.182. The molecular weight excluding hydrogens is 286 g/mol. The predicted octanol–water partition coefficient (Wildman–Crippen LogP) is 2.16. The molecule has 88 valence electrons. The van der Waals surface area contributed by atoms with E-state index in [9.17, 15) is 0 Å². The topological polar surface area (TPSA) is 62.3 Å². The van der Waals surface area contributed by atoms with Crippen molar-refractivity contribution in [1.29, 1.82) is 0 Å². The summed E-state index contributed by atoms with van der Waals surface area (Å²) in [7, 11) is 1.80. The summed E-state index contributed by atoms with van der Waals surface area (Å²) in [6.45, 7) is 0.229. The molecule has 0 saturated carbocycles. The fourth-order valence-corrected chi connectivity index (χ4v) is 2.21. The Kier molecular flexibility index (Phi) is 2.25. The largest absolute Gasteiger partial charge is 0.453 e. The van der Waals surface area contributed by atoms with Gasteiger partial charge in [-0.25, -0.2) is 0 Å². The molecule has 0 amide bonds. The number of aromatic nitrogens is 2. The Balaban J connectivity index is 2.19. The smallest absolute Gasteiger partial charge is 0.231 e. The fourth-order valence-electron chi connectivity index (χ4n) is 1.78. The number of halogens is 1. The minimum atomic E-state index is 0.229. The SMILES string of the molecule is Cn1nc(-c2ccc(Br)c3c2OCO3)cc1N. The molecule has 0 atom stereocenters. The monoisotopic (exact) mass is 295 g/mol. The zero-order valence-electron chi connectivity index (χ0n) is 9.11. The highest BCUT2D eigenvalue weighted by Crippen LogP contribution is 2.45. The lowest BCUT2D eigenvalue weighted by Crippen LogP contribution is -1.96. The van der Waals surface area contributed by atoms with Gasteiger partial charge in [-0.2, -0.15) is 5.10 Å². The van der Waals surface area contributed by atoms with Gasteiger partial charge in [-0.15, -0.1) is 0 Å². The van der Waals surface area contributed by atoms with Crippen LogP contribution < -0.4 is 15.2 Å². The van der Waals surface area contributed by atoms with E-state index < -0.39 is 0 Å². The number of nitrogens with two attached hydrogens (primary N) is 1. The highest BCUT2D eigenvalue weighted by atomic mass is 79.9. The van der Waals surface area contributed by atoms with Gasteiger partial charge >= 0.3 is 0 Å². The molecular formula is C11H10BrN3O2. The molecule has 0 saturated heterocycles. The molecule has 1 aliphatic heterocycles.